The molecule has 0 spiro atoms. The summed E-state index contributed by atoms with van der Waals surface area (Å²) in [5, 5.41) is 4.80. The van der Waals surface area contributed by atoms with Crippen molar-refractivity contribution in [1.29, 1.82) is 0 Å². The van der Waals surface area contributed by atoms with Gasteiger partial charge in [-0.05, 0) is 82.3 Å². The monoisotopic (exact) mass is 720 g/mol. The number of allylic oxidation sites excluding steroid dienone is 3. The summed E-state index contributed by atoms with van der Waals surface area (Å²) in [4.78, 5) is 5.53. The van der Waals surface area contributed by atoms with Gasteiger partial charge in [0.2, 0.25) is 0 Å². The molecule has 0 radical (unpaired) electrons. The van der Waals surface area contributed by atoms with Gasteiger partial charge in [-0.2, -0.15) is 0 Å². The Morgan fingerprint density at radius 2 is 1.32 bits per heavy atom. The summed E-state index contributed by atoms with van der Waals surface area (Å²) in [7, 11) is 0. The van der Waals surface area contributed by atoms with Crippen LogP contribution in [0.2, 0.25) is 0 Å². The van der Waals surface area contributed by atoms with Gasteiger partial charge in [-0.3, -0.25) is 4.99 Å². The minimum absolute atomic E-state index is 0.210. The fraction of sp³-hybridized carbons (Fsp3) is 0.113. The lowest BCUT2D eigenvalue weighted by Gasteiger charge is -2.22. The van der Waals surface area contributed by atoms with Crippen molar-refractivity contribution in [3.8, 4) is 16.8 Å². The Kier molecular flexibility index (Phi) is 7.25. The second-order valence-electron chi connectivity index (χ2n) is 16.0. The molecule has 0 saturated heterocycles. The van der Waals surface area contributed by atoms with E-state index in [1.54, 1.807) is 0 Å². The number of hydrogen-bond donors (Lipinski definition) is 0. The van der Waals surface area contributed by atoms with Crippen LogP contribution in [0.1, 0.15) is 55.0 Å². The van der Waals surface area contributed by atoms with Crippen LogP contribution in [0.5, 0.6) is 0 Å². The molecule has 0 fully saturated rings. The molecule has 1 aliphatic heterocycles. The SMILES string of the molecule is CC1C/C=C(c2ccccc2)/C=C(/c2cccc(-n3c4ccccc4c4cc5c(cc43)C(C)(C)c3ccc4c(oc6ccccc64)c3-5)c2)N=C1c1ccccc1. The van der Waals surface area contributed by atoms with E-state index in [-0.39, 0.29) is 11.3 Å². The fourth-order valence-electron chi connectivity index (χ4n) is 9.38. The third kappa shape index (κ3) is 4.94. The molecule has 0 bridgehead atoms. The average molecular weight is 721 g/mol. The highest BCUT2D eigenvalue weighted by molar-refractivity contribution is 6.16. The zero-order valence-electron chi connectivity index (χ0n) is 31.8. The van der Waals surface area contributed by atoms with Crippen LogP contribution in [0.3, 0.4) is 0 Å². The van der Waals surface area contributed by atoms with Crippen molar-refractivity contribution in [2.75, 3.05) is 0 Å². The fourth-order valence-corrected chi connectivity index (χ4v) is 9.38. The van der Waals surface area contributed by atoms with Crippen molar-refractivity contribution in [2.45, 2.75) is 32.6 Å². The number of fused-ring (bicyclic) bond motifs is 10. The van der Waals surface area contributed by atoms with Gasteiger partial charge in [0, 0.05) is 49.7 Å². The molecule has 2 aliphatic rings. The number of aliphatic imine (C=N–C) groups is 1. The number of benzene rings is 7. The smallest absolute Gasteiger partial charge is 0.143 e. The van der Waals surface area contributed by atoms with Crippen molar-refractivity contribution in [3.63, 3.8) is 0 Å². The van der Waals surface area contributed by atoms with Crippen molar-refractivity contribution in [2.24, 2.45) is 10.9 Å². The number of para-hydroxylation sites is 2. The van der Waals surface area contributed by atoms with Crippen molar-refractivity contribution in [1.82, 2.24) is 4.57 Å². The highest BCUT2D eigenvalue weighted by Crippen LogP contribution is 2.54. The van der Waals surface area contributed by atoms with Crippen LogP contribution in [-0.4, -0.2) is 10.3 Å². The molecule has 0 N–H and O–H groups in total. The van der Waals surface area contributed by atoms with Gasteiger partial charge >= 0.3 is 0 Å². The van der Waals surface area contributed by atoms with E-state index in [1.807, 2.05) is 0 Å². The molecule has 7 aromatic carbocycles. The molecule has 3 nitrogen and oxygen atoms in total. The zero-order valence-corrected chi connectivity index (χ0v) is 31.8. The Balaban J connectivity index is 1.13. The summed E-state index contributed by atoms with van der Waals surface area (Å²) in [6, 6.07) is 57.0. The molecule has 9 aromatic rings. The van der Waals surface area contributed by atoms with Gasteiger partial charge in [0.05, 0.1) is 22.4 Å². The summed E-state index contributed by atoms with van der Waals surface area (Å²) in [6.07, 6.45) is 5.57. The van der Waals surface area contributed by atoms with Gasteiger partial charge in [-0.1, -0.05) is 148 Å². The molecule has 0 saturated carbocycles. The van der Waals surface area contributed by atoms with Crippen molar-refractivity contribution < 1.29 is 4.42 Å². The quantitative estimate of drug-likeness (QED) is 0.178. The van der Waals surface area contributed by atoms with Crippen molar-refractivity contribution >= 4 is 60.7 Å². The molecular formula is C53H40N2O. The topological polar surface area (TPSA) is 30.4 Å². The van der Waals surface area contributed by atoms with E-state index in [0.717, 1.165) is 45.6 Å². The molecular weight excluding hydrogens is 681 g/mol. The lowest BCUT2D eigenvalue weighted by Crippen LogP contribution is -2.15. The molecule has 11 rings (SSSR count). The Bertz CT molecular complexity index is 3130. The molecule has 3 heterocycles. The maximum atomic E-state index is 6.66. The second kappa shape index (κ2) is 12.4. The lowest BCUT2D eigenvalue weighted by atomic mass is 9.82. The maximum absolute atomic E-state index is 6.66. The first kappa shape index (κ1) is 32.7. The predicted molar refractivity (Wildman–Crippen MR) is 235 cm³/mol. The lowest BCUT2D eigenvalue weighted by molar-refractivity contribution is 0.653. The number of furan rings is 1. The maximum Gasteiger partial charge on any atom is 0.143 e. The normalized spacial score (nSPS) is 18.2. The van der Waals surface area contributed by atoms with Gasteiger partial charge in [0.1, 0.15) is 11.2 Å². The molecule has 0 amide bonds. The first-order valence-corrected chi connectivity index (χ1v) is 19.7. The molecule has 1 unspecified atom stereocenters. The highest BCUT2D eigenvalue weighted by Gasteiger charge is 2.38. The highest BCUT2D eigenvalue weighted by atomic mass is 16.3. The van der Waals surface area contributed by atoms with Crippen LogP contribution in [0.25, 0.3) is 71.8 Å². The number of rotatable bonds is 4. The second-order valence-corrected chi connectivity index (χ2v) is 16.0. The van der Waals surface area contributed by atoms with Crippen LogP contribution in [-0.2, 0) is 5.41 Å². The van der Waals surface area contributed by atoms with E-state index in [1.165, 1.54) is 66.1 Å². The van der Waals surface area contributed by atoms with E-state index in [0.29, 0.717) is 0 Å². The van der Waals surface area contributed by atoms with Gasteiger partial charge in [0.15, 0.2) is 0 Å². The van der Waals surface area contributed by atoms with Gasteiger partial charge < -0.3 is 8.98 Å². The van der Waals surface area contributed by atoms with Crippen LogP contribution in [0, 0.1) is 5.92 Å². The minimum atomic E-state index is -0.210. The molecule has 56 heavy (non-hydrogen) atoms. The Hall–Kier alpha value is -6.71. The summed E-state index contributed by atoms with van der Waals surface area (Å²) in [6.45, 7) is 7.00. The Labute approximate surface area is 326 Å². The Morgan fingerprint density at radius 1 is 0.607 bits per heavy atom. The first-order chi connectivity index (χ1) is 27.4. The third-order valence-corrected chi connectivity index (χ3v) is 12.2. The first-order valence-electron chi connectivity index (χ1n) is 19.7. The van der Waals surface area contributed by atoms with Gasteiger partial charge in [0.25, 0.3) is 0 Å². The summed E-state index contributed by atoms with van der Waals surface area (Å²) < 4.78 is 9.11. The van der Waals surface area contributed by atoms with Gasteiger partial charge in [-0.15, -0.1) is 0 Å². The van der Waals surface area contributed by atoms with Crippen LogP contribution >= 0.6 is 0 Å². The number of aromatic nitrogens is 1. The standard InChI is InChI=1S/C53H40N2O/c1-33-25-26-36(34-15-6-4-7-16-34)30-46(54-51(33)35-17-8-5-9-18-35)37-19-14-20-38(29-37)55-47-23-12-10-21-39(47)42-31-43-45(32-48(42)55)53(2,3)44-28-27-41-40-22-11-13-24-49(40)56-52(41)50(43)44/h4-24,26-33H,25H2,1-3H3/b36-26-,46-30-,54-51?. The predicted octanol–water partition coefficient (Wildman–Crippen LogP) is 13.9. The molecule has 268 valence electrons. The molecule has 2 aromatic heterocycles. The average Bonchev–Trinajstić information content (AvgIpc) is 3.85. The van der Waals surface area contributed by atoms with Crippen molar-refractivity contribution in [3.05, 3.63) is 198 Å². The molecule has 1 atom stereocenters. The largest absolute Gasteiger partial charge is 0.455 e. The van der Waals surface area contributed by atoms with E-state index >= 15 is 0 Å². The minimum Gasteiger partial charge on any atom is -0.455 e. The zero-order chi connectivity index (χ0) is 37.5. The van der Waals surface area contributed by atoms with E-state index in [9.17, 15) is 0 Å². The van der Waals surface area contributed by atoms with Crippen LogP contribution in [0.4, 0.5) is 0 Å². The number of nitrogens with zero attached hydrogens (tertiary/aromatic N) is 2. The third-order valence-electron chi connectivity index (χ3n) is 12.2. The van der Waals surface area contributed by atoms with E-state index in [4.69, 9.17) is 9.41 Å². The van der Waals surface area contributed by atoms with E-state index < -0.39 is 0 Å². The van der Waals surface area contributed by atoms with Crippen LogP contribution < -0.4 is 0 Å². The van der Waals surface area contributed by atoms with Gasteiger partial charge in [-0.25, -0.2) is 0 Å². The van der Waals surface area contributed by atoms with E-state index in [2.05, 4.69) is 195 Å². The summed E-state index contributed by atoms with van der Waals surface area (Å²) >= 11 is 0. The number of hydrogen-bond acceptors (Lipinski definition) is 2. The Morgan fingerprint density at radius 3 is 2.14 bits per heavy atom. The molecule has 3 heteroatoms. The van der Waals surface area contributed by atoms with Crippen LogP contribution in [0.15, 0.2) is 179 Å². The summed E-state index contributed by atoms with van der Waals surface area (Å²) in [5.41, 5.74) is 17.0. The molecule has 1 aliphatic carbocycles. The summed E-state index contributed by atoms with van der Waals surface area (Å²) in [5.74, 6) is 0.246.